The maximum Gasteiger partial charge on any atom is 0.339 e. The van der Waals surface area contributed by atoms with E-state index >= 15 is 0 Å². The maximum absolute atomic E-state index is 10.9. The molecule has 2 aromatic rings. The summed E-state index contributed by atoms with van der Waals surface area (Å²) in [6, 6.07) is 5.32. The largest absolute Gasteiger partial charge is 0.478 e. The predicted octanol–water partition coefficient (Wildman–Crippen LogP) is 3.28. The van der Waals surface area contributed by atoms with Crippen molar-refractivity contribution in [1.29, 1.82) is 0 Å². The molecule has 0 fully saturated rings. The number of carboxylic acids is 1. The molecule has 72 valence electrons. The molecule has 14 heavy (non-hydrogen) atoms. The van der Waals surface area contributed by atoms with Gasteiger partial charge in [-0.1, -0.05) is 27.5 Å². The Hall–Kier alpha value is -1.000. The van der Waals surface area contributed by atoms with Gasteiger partial charge in [-0.05, 0) is 18.2 Å². The molecule has 0 saturated heterocycles. The van der Waals surface area contributed by atoms with E-state index in [1.54, 1.807) is 12.1 Å². The summed E-state index contributed by atoms with van der Waals surface area (Å²) in [7, 11) is 0. The molecule has 0 unspecified atom stereocenters. The molecule has 2 rings (SSSR count). The minimum atomic E-state index is -1.03. The molecule has 0 radical (unpaired) electrons. The molecular weight excluding hydrogens is 269 g/mol. The second-order valence-electron chi connectivity index (χ2n) is 2.81. The van der Waals surface area contributed by atoms with Gasteiger partial charge in [-0.2, -0.15) is 0 Å². The van der Waals surface area contributed by atoms with Gasteiger partial charge in [0.2, 0.25) is 0 Å². The van der Waals surface area contributed by atoms with Crippen LogP contribution in [0.15, 0.2) is 22.7 Å². The van der Waals surface area contributed by atoms with Crippen molar-refractivity contribution in [3.63, 3.8) is 0 Å². The molecule has 2 N–H and O–H groups in total. The van der Waals surface area contributed by atoms with Gasteiger partial charge in [0.15, 0.2) is 0 Å². The third-order valence-corrected chi connectivity index (χ3v) is 2.71. The fraction of sp³-hybridized carbons (Fsp3) is 0. The lowest BCUT2D eigenvalue weighted by atomic mass is 10.2. The number of carbonyl (C=O) groups is 1. The zero-order valence-corrected chi connectivity index (χ0v) is 9.19. The highest BCUT2D eigenvalue weighted by Gasteiger charge is 2.16. The van der Waals surface area contributed by atoms with Gasteiger partial charge in [0.25, 0.3) is 0 Å². The van der Waals surface area contributed by atoms with Crippen molar-refractivity contribution in [2.45, 2.75) is 0 Å². The van der Waals surface area contributed by atoms with Gasteiger partial charge in [-0.25, -0.2) is 4.79 Å². The number of aromatic carboxylic acids is 1. The van der Waals surface area contributed by atoms with E-state index in [0.29, 0.717) is 5.39 Å². The van der Waals surface area contributed by atoms with Crippen molar-refractivity contribution >= 4 is 44.4 Å². The number of fused-ring (bicyclic) bond motifs is 1. The van der Waals surface area contributed by atoms with Gasteiger partial charge < -0.3 is 10.1 Å². The van der Waals surface area contributed by atoms with Gasteiger partial charge in [0.05, 0.1) is 0 Å². The highest BCUT2D eigenvalue weighted by Crippen LogP contribution is 2.28. The van der Waals surface area contributed by atoms with Crippen molar-refractivity contribution < 1.29 is 9.90 Å². The van der Waals surface area contributed by atoms with E-state index in [4.69, 9.17) is 16.7 Å². The Labute approximate surface area is 92.8 Å². The Morgan fingerprint density at radius 3 is 2.86 bits per heavy atom. The van der Waals surface area contributed by atoms with Crippen molar-refractivity contribution in [1.82, 2.24) is 4.98 Å². The molecule has 0 bridgehead atoms. The molecular formula is C9H5BrClNO2. The van der Waals surface area contributed by atoms with Crippen LogP contribution >= 0.6 is 27.5 Å². The average Bonchev–Trinajstić information content (AvgIpc) is 2.40. The summed E-state index contributed by atoms with van der Waals surface area (Å²) in [6.07, 6.45) is 0. The standard InChI is InChI=1S/C9H5BrClNO2/c10-4-1-2-6-5(3-4)7(9(13)14)8(11)12-6/h1-3,12H,(H,13,14). The molecule has 0 aliphatic heterocycles. The quantitative estimate of drug-likeness (QED) is 0.838. The minimum absolute atomic E-state index is 0.114. The smallest absolute Gasteiger partial charge is 0.339 e. The van der Waals surface area contributed by atoms with E-state index in [0.717, 1.165) is 9.99 Å². The van der Waals surface area contributed by atoms with Gasteiger partial charge >= 0.3 is 5.97 Å². The number of aromatic amines is 1. The number of benzene rings is 1. The second kappa shape index (κ2) is 3.29. The zero-order valence-electron chi connectivity index (χ0n) is 6.84. The van der Waals surface area contributed by atoms with Crippen LogP contribution in [0.3, 0.4) is 0 Å². The maximum atomic E-state index is 10.9. The Bertz CT molecular complexity index is 521. The Balaban J connectivity index is 2.86. The monoisotopic (exact) mass is 273 g/mol. The summed E-state index contributed by atoms with van der Waals surface area (Å²) >= 11 is 9.04. The number of carboxylic acid groups (broad SMARTS) is 1. The summed E-state index contributed by atoms with van der Waals surface area (Å²) in [4.78, 5) is 13.7. The normalized spacial score (nSPS) is 10.7. The zero-order chi connectivity index (χ0) is 10.3. The number of H-pyrrole nitrogens is 1. The first-order chi connectivity index (χ1) is 6.59. The van der Waals surface area contributed by atoms with Crippen molar-refractivity contribution in [3.05, 3.63) is 33.4 Å². The second-order valence-corrected chi connectivity index (χ2v) is 4.10. The first-order valence-electron chi connectivity index (χ1n) is 3.79. The molecule has 0 aliphatic carbocycles. The van der Waals surface area contributed by atoms with E-state index in [1.165, 1.54) is 0 Å². The van der Waals surface area contributed by atoms with E-state index < -0.39 is 5.97 Å². The van der Waals surface area contributed by atoms with Gasteiger partial charge in [0.1, 0.15) is 10.7 Å². The number of halogens is 2. The predicted molar refractivity (Wildman–Crippen MR) is 58.0 cm³/mol. The lowest BCUT2D eigenvalue weighted by Crippen LogP contribution is -1.94. The molecule has 0 spiro atoms. The van der Waals surface area contributed by atoms with E-state index in [-0.39, 0.29) is 10.7 Å². The van der Waals surface area contributed by atoms with Crippen LogP contribution < -0.4 is 0 Å². The van der Waals surface area contributed by atoms with Crippen LogP contribution in [0.2, 0.25) is 5.15 Å². The number of aromatic nitrogens is 1. The van der Waals surface area contributed by atoms with Crippen molar-refractivity contribution in [3.8, 4) is 0 Å². The Kier molecular flexibility index (Phi) is 2.25. The van der Waals surface area contributed by atoms with Gasteiger partial charge in [0, 0.05) is 15.4 Å². The number of hydrogen-bond acceptors (Lipinski definition) is 1. The molecule has 0 aliphatic rings. The first-order valence-corrected chi connectivity index (χ1v) is 4.96. The number of nitrogens with one attached hydrogen (secondary N) is 1. The van der Waals surface area contributed by atoms with Crippen LogP contribution in [0.1, 0.15) is 10.4 Å². The fourth-order valence-corrected chi connectivity index (χ4v) is 1.99. The van der Waals surface area contributed by atoms with Crippen molar-refractivity contribution in [2.24, 2.45) is 0 Å². The summed E-state index contributed by atoms with van der Waals surface area (Å²) in [5.74, 6) is -1.03. The molecule has 1 aromatic carbocycles. The van der Waals surface area contributed by atoms with Crippen LogP contribution in [0.5, 0.6) is 0 Å². The third kappa shape index (κ3) is 1.40. The highest BCUT2D eigenvalue weighted by molar-refractivity contribution is 9.10. The topological polar surface area (TPSA) is 53.1 Å². The van der Waals surface area contributed by atoms with Crippen LogP contribution in [-0.4, -0.2) is 16.1 Å². The summed E-state index contributed by atoms with van der Waals surface area (Å²) in [6.45, 7) is 0. The summed E-state index contributed by atoms with van der Waals surface area (Å²) in [5, 5.41) is 9.69. The van der Waals surface area contributed by atoms with E-state index in [2.05, 4.69) is 20.9 Å². The van der Waals surface area contributed by atoms with Crippen LogP contribution in [0, 0.1) is 0 Å². The van der Waals surface area contributed by atoms with Gasteiger partial charge in [-0.15, -0.1) is 0 Å². The molecule has 0 atom stereocenters. The number of hydrogen-bond donors (Lipinski definition) is 2. The van der Waals surface area contributed by atoms with E-state index in [1.807, 2.05) is 6.07 Å². The molecule has 5 heteroatoms. The lowest BCUT2D eigenvalue weighted by Gasteiger charge is -1.93. The van der Waals surface area contributed by atoms with Crippen LogP contribution in [0.25, 0.3) is 10.9 Å². The minimum Gasteiger partial charge on any atom is -0.478 e. The van der Waals surface area contributed by atoms with Crippen LogP contribution in [0.4, 0.5) is 0 Å². The molecule has 3 nitrogen and oxygen atoms in total. The Morgan fingerprint density at radius 1 is 1.50 bits per heavy atom. The molecule has 1 aromatic heterocycles. The summed E-state index contributed by atoms with van der Waals surface area (Å²) in [5.41, 5.74) is 0.832. The lowest BCUT2D eigenvalue weighted by molar-refractivity contribution is 0.0699. The van der Waals surface area contributed by atoms with E-state index in [9.17, 15) is 4.79 Å². The third-order valence-electron chi connectivity index (χ3n) is 1.93. The highest BCUT2D eigenvalue weighted by atomic mass is 79.9. The Morgan fingerprint density at radius 2 is 2.21 bits per heavy atom. The molecule has 0 amide bonds. The van der Waals surface area contributed by atoms with Crippen LogP contribution in [-0.2, 0) is 0 Å². The number of rotatable bonds is 1. The fourth-order valence-electron chi connectivity index (χ4n) is 1.34. The van der Waals surface area contributed by atoms with Crippen molar-refractivity contribution in [2.75, 3.05) is 0 Å². The average molecular weight is 275 g/mol. The summed E-state index contributed by atoms with van der Waals surface area (Å²) < 4.78 is 0.822. The SMILES string of the molecule is O=C(O)c1c(Cl)[nH]c2ccc(Br)cc12. The first kappa shape index (κ1) is 9.55. The molecule has 0 saturated carbocycles. The molecule has 1 heterocycles. The van der Waals surface area contributed by atoms with Gasteiger partial charge in [-0.3, -0.25) is 0 Å².